The van der Waals surface area contributed by atoms with E-state index < -0.39 is 0 Å². The molecule has 0 aromatic heterocycles. The average Bonchev–Trinajstić information content (AvgIpc) is 2.23. The van der Waals surface area contributed by atoms with Crippen LogP contribution in [0.4, 0.5) is 11.4 Å². The molecule has 0 bridgehead atoms. The number of amidine groups is 1. The Balaban J connectivity index is 2.97. The van der Waals surface area contributed by atoms with Crippen LogP contribution in [0.5, 0.6) is 0 Å². The van der Waals surface area contributed by atoms with Gasteiger partial charge in [0.05, 0.1) is 16.4 Å². The Kier molecular flexibility index (Phi) is 4.28. The Morgan fingerprint density at radius 3 is 2.93 bits per heavy atom. The fourth-order valence-electron chi connectivity index (χ4n) is 0.875. The van der Waals surface area contributed by atoms with Crippen LogP contribution in [0.1, 0.15) is 0 Å². The normalized spacial score (nSPS) is 10.9. The number of hydrogen-bond donors (Lipinski definition) is 2. The molecule has 0 aliphatic heterocycles. The molecular weight excluding hydrogens is 232 g/mol. The van der Waals surface area contributed by atoms with Crippen molar-refractivity contribution in [1.82, 2.24) is 5.32 Å². The standard InChI is InChI=1S/C9H9ClN4S/c1-15-9(13-5-11)14-6-2-3-8(12)7(10)4-6/h2-4H,12H2,1H3,(H,13,14). The quantitative estimate of drug-likeness (QED) is 0.260. The molecule has 6 heteroatoms. The zero-order chi connectivity index (χ0) is 11.3. The second-order valence-corrected chi connectivity index (χ2v) is 3.77. The van der Waals surface area contributed by atoms with Gasteiger partial charge in [-0.05, 0) is 24.5 Å². The molecule has 0 heterocycles. The molecule has 15 heavy (non-hydrogen) atoms. The number of nitrogens with two attached hydrogens (primary N) is 1. The van der Waals surface area contributed by atoms with E-state index in [0.29, 0.717) is 21.6 Å². The molecule has 0 atom stereocenters. The predicted molar refractivity (Wildman–Crippen MR) is 65.2 cm³/mol. The smallest absolute Gasteiger partial charge is 0.183 e. The van der Waals surface area contributed by atoms with E-state index in [4.69, 9.17) is 22.6 Å². The van der Waals surface area contributed by atoms with Crippen LogP contribution in [0.25, 0.3) is 0 Å². The van der Waals surface area contributed by atoms with Crippen LogP contribution >= 0.6 is 23.4 Å². The lowest BCUT2D eigenvalue weighted by molar-refractivity contribution is 1.28. The third kappa shape index (κ3) is 3.35. The van der Waals surface area contributed by atoms with E-state index in [1.165, 1.54) is 11.8 Å². The highest BCUT2D eigenvalue weighted by Crippen LogP contribution is 2.24. The number of thioether (sulfide) groups is 1. The van der Waals surface area contributed by atoms with Gasteiger partial charge in [0.25, 0.3) is 0 Å². The van der Waals surface area contributed by atoms with Crippen LogP contribution in [0.15, 0.2) is 23.2 Å². The molecule has 0 aliphatic carbocycles. The van der Waals surface area contributed by atoms with E-state index in [0.717, 1.165) is 0 Å². The summed E-state index contributed by atoms with van der Waals surface area (Å²) in [4.78, 5) is 4.17. The lowest BCUT2D eigenvalue weighted by atomic mass is 10.3. The summed E-state index contributed by atoms with van der Waals surface area (Å²) in [6.07, 6.45) is 3.63. The molecule has 0 saturated carbocycles. The van der Waals surface area contributed by atoms with Crippen molar-refractivity contribution in [2.75, 3.05) is 12.0 Å². The van der Waals surface area contributed by atoms with Crippen molar-refractivity contribution in [3.05, 3.63) is 23.2 Å². The Bertz CT molecular complexity index is 425. The van der Waals surface area contributed by atoms with E-state index in [1.807, 2.05) is 6.26 Å². The van der Waals surface area contributed by atoms with Gasteiger partial charge in [-0.15, -0.1) is 0 Å². The number of anilines is 1. The lowest BCUT2D eigenvalue weighted by Gasteiger charge is -2.01. The molecule has 1 aromatic rings. The van der Waals surface area contributed by atoms with Gasteiger partial charge in [0.1, 0.15) is 0 Å². The van der Waals surface area contributed by atoms with E-state index in [1.54, 1.807) is 24.4 Å². The Morgan fingerprint density at radius 2 is 2.40 bits per heavy atom. The Labute approximate surface area is 97.1 Å². The molecule has 0 unspecified atom stereocenters. The van der Waals surface area contributed by atoms with Crippen LogP contribution in [-0.4, -0.2) is 11.4 Å². The molecule has 0 spiro atoms. The number of rotatable bonds is 1. The summed E-state index contributed by atoms with van der Waals surface area (Å²) in [5.74, 6) is 0. The van der Waals surface area contributed by atoms with Gasteiger partial charge in [0.15, 0.2) is 11.4 Å². The molecule has 0 fully saturated rings. The first-order valence-electron chi connectivity index (χ1n) is 4.00. The Morgan fingerprint density at radius 1 is 1.67 bits per heavy atom. The molecule has 0 radical (unpaired) electrons. The first-order valence-corrected chi connectivity index (χ1v) is 5.60. The van der Waals surface area contributed by atoms with Crippen LogP contribution in [0.3, 0.4) is 0 Å². The lowest BCUT2D eigenvalue weighted by Crippen LogP contribution is -2.12. The predicted octanol–water partition coefficient (Wildman–Crippen LogP) is 2.34. The van der Waals surface area contributed by atoms with Crippen LogP contribution in [-0.2, 0) is 0 Å². The Hall–Kier alpha value is -1.38. The van der Waals surface area contributed by atoms with Crippen molar-refractivity contribution in [3.8, 4) is 6.19 Å². The minimum atomic E-state index is 0.452. The highest BCUT2D eigenvalue weighted by molar-refractivity contribution is 8.13. The second-order valence-electron chi connectivity index (χ2n) is 2.56. The second kappa shape index (κ2) is 5.49. The maximum absolute atomic E-state index is 8.44. The van der Waals surface area contributed by atoms with Crippen molar-refractivity contribution >= 4 is 39.9 Å². The molecule has 4 nitrogen and oxygen atoms in total. The zero-order valence-corrected chi connectivity index (χ0v) is 9.56. The van der Waals surface area contributed by atoms with Gasteiger partial charge in [0, 0.05) is 0 Å². The zero-order valence-electron chi connectivity index (χ0n) is 7.99. The molecule has 0 aliphatic rings. The summed E-state index contributed by atoms with van der Waals surface area (Å²) in [6, 6.07) is 5.05. The minimum Gasteiger partial charge on any atom is -0.398 e. The number of benzene rings is 1. The van der Waals surface area contributed by atoms with Crippen molar-refractivity contribution in [2.24, 2.45) is 4.99 Å². The minimum absolute atomic E-state index is 0.452. The molecule has 1 aromatic carbocycles. The van der Waals surface area contributed by atoms with Gasteiger partial charge < -0.3 is 5.73 Å². The van der Waals surface area contributed by atoms with E-state index in [2.05, 4.69) is 10.3 Å². The largest absolute Gasteiger partial charge is 0.398 e. The molecule has 0 amide bonds. The number of halogens is 1. The van der Waals surface area contributed by atoms with E-state index in [-0.39, 0.29) is 0 Å². The van der Waals surface area contributed by atoms with Crippen LogP contribution < -0.4 is 11.1 Å². The highest BCUT2D eigenvalue weighted by Gasteiger charge is 1.99. The van der Waals surface area contributed by atoms with Gasteiger partial charge in [-0.3, -0.25) is 5.32 Å². The molecule has 78 valence electrons. The van der Waals surface area contributed by atoms with Crippen molar-refractivity contribution < 1.29 is 0 Å². The summed E-state index contributed by atoms with van der Waals surface area (Å²) in [5.41, 5.74) is 6.72. The molecular formula is C9H9ClN4S. The fraction of sp³-hybridized carbons (Fsp3) is 0.111. The monoisotopic (exact) mass is 240 g/mol. The molecule has 3 N–H and O–H groups in total. The number of hydrogen-bond acceptors (Lipinski definition) is 4. The highest BCUT2D eigenvalue weighted by atomic mass is 35.5. The average molecular weight is 241 g/mol. The third-order valence-corrected chi connectivity index (χ3v) is 2.48. The van der Waals surface area contributed by atoms with Gasteiger partial charge >= 0.3 is 0 Å². The summed E-state index contributed by atoms with van der Waals surface area (Å²) >= 11 is 7.17. The van der Waals surface area contributed by atoms with Crippen LogP contribution in [0.2, 0.25) is 5.02 Å². The van der Waals surface area contributed by atoms with Crippen molar-refractivity contribution in [3.63, 3.8) is 0 Å². The van der Waals surface area contributed by atoms with E-state index in [9.17, 15) is 0 Å². The summed E-state index contributed by atoms with van der Waals surface area (Å²) < 4.78 is 0. The number of aliphatic imine (C=N–C) groups is 1. The molecule has 1 rings (SSSR count). The van der Waals surface area contributed by atoms with Gasteiger partial charge in [-0.25, -0.2) is 4.99 Å². The van der Waals surface area contributed by atoms with E-state index >= 15 is 0 Å². The fourth-order valence-corrected chi connectivity index (χ4v) is 1.39. The summed E-state index contributed by atoms with van der Waals surface area (Å²) in [7, 11) is 0. The number of nitriles is 1. The van der Waals surface area contributed by atoms with Gasteiger partial charge in [-0.1, -0.05) is 23.4 Å². The van der Waals surface area contributed by atoms with Crippen molar-refractivity contribution in [2.45, 2.75) is 0 Å². The molecule has 0 saturated heterocycles. The maximum atomic E-state index is 8.44. The summed E-state index contributed by atoms with van der Waals surface area (Å²) in [5, 5.41) is 11.9. The first kappa shape index (κ1) is 11.7. The topological polar surface area (TPSA) is 74.2 Å². The number of nitrogens with zero attached hydrogens (tertiary/aromatic N) is 2. The summed E-state index contributed by atoms with van der Waals surface area (Å²) in [6.45, 7) is 0. The maximum Gasteiger partial charge on any atom is 0.183 e. The van der Waals surface area contributed by atoms with Gasteiger partial charge in [0.2, 0.25) is 0 Å². The number of nitrogen functional groups attached to an aromatic ring is 1. The SMILES string of the molecule is CSC(=Nc1ccc(N)c(Cl)c1)NC#N. The van der Waals surface area contributed by atoms with Crippen molar-refractivity contribution in [1.29, 1.82) is 5.26 Å². The first-order chi connectivity index (χ1) is 7.17. The van der Waals surface area contributed by atoms with Crippen LogP contribution in [0, 0.1) is 11.5 Å². The number of nitrogens with one attached hydrogen (secondary N) is 1. The third-order valence-electron chi connectivity index (χ3n) is 1.57. The van der Waals surface area contributed by atoms with Gasteiger partial charge in [-0.2, -0.15) is 5.26 Å².